The van der Waals surface area contributed by atoms with Gasteiger partial charge in [-0.3, -0.25) is 0 Å². The number of sulfonamides is 1. The van der Waals surface area contributed by atoms with Crippen molar-refractivity contribution in [3.63, 3.8) is 0 Å². The van der Waals surface area contributed by atoms with E-state index in [2.05, 4.69) is 10.1 Å². The molecule has 0 amide bonds. The summed E-state index contributed by atoms with van der Waals surface area (Å²) >= 11 is 0. The molecular formula is C11H17N3O3S. The van der Waals surface area contributed by atoms with E-state index < -0.39 is 10.0 Å². The fraction of sp³-hybridized carbons (Fsp3) is 0.818. The Morgan fingerprint density at radius 1 is 1.39 bits per heavy atom. The summed E-state index contributed by atoms with van der Waals surface area (Å²) in [6.45, 7) is 2.22. The molecule has 0 aromatic carbocycles. The predicted octanol–water partition coefficient (Wildman–Crippen LogP) is 1.43. The zero-order valence-electron chi connectivity index (χ0n) is 10.4. The molecule has 2 aliphatic rings. The molecule has 1 unspecified atom stereocenters. The van der Waals surface area contributed by atoms with Crippen LogP contribution in [-0.4, -0.2) is 35.2 Å². The third-order valence-corrected chi connectivity index (χ3v) is 5.49. The van der Waals surface area contributed by atoms with Crippen molar-refractivity contribution in [1.82, 2.24) is 14.4 Å². The summed E-state index contributed by atoms with van der Waals surface area (Å²) in [7, 11) is -3.19. The maximum Gasteiger partial charge on any atom is 0.245 e. The monoisotopic (exact) mass is 271 g/mol. The minimum absolute atomic E-state index is 0.118. The molecule has 100 valence electrons. The van der Waals surface area contributed by atoms with Crippen LogP contribution in [0.1, 0.15) is 56.3 Å². The Balaban J connectivity index is 1.85. The van der Waals surface area contributed by atoms with Gasteiger partial charge in [-0.1, -0.05) is 5.16 Å². The molecule has 7 heteroatoms. The van der Waals surface area contributed by atoms with Crippen LogP contribution in [0.2, 0.25) is 0 Å². The summed E-state index contributed by atoms with van der Waals surface area (Å²) in [6, 6.07) is -0.255. The molecule has 0 N–H and O–H groups in total. The minimum atomic E-state index is -3.19. The first-order chi connectivity index (χ1) is 8.62. The SMILES string of the molecule is CCS(=O)(=O)N1CCCC1c1nc(C2CC2)no1. The van der Waals surface area contributed by atoms with Gasteiger partial charge in [0, 0.05) is 12.5 Å². The predicted molar refractivity (Wildman–Crippen MR) is 64.4 cm³/mol. The van der Waals surface area contributed by atoms with Crippen molar-refractivity contribution in [2.75, 3.05) is 12.3 Å². The van der Waals surface area contributed by atoms with Crippen LogP contribution in [0, 0.1) is 0 Å². The topological polar surface area (TPSA) is 76.3 Å². The van der Waals surface area contributed by atoms with Gasteiger partial charge in [0.1, 0.15) is 6.04 Å². The Morgan fingerprint density at radius 3 is 2.83 bits per heavy atom. The second-order valence-corrected chi connectivity index (χ2v) is 7.14. The summed E-state index contributed by atoms with van der Waals surface area (Å²) in [5.41, 5.74) is 0. The number of rotatable bonds is 4. The van der Waals surface area contributed by atoms with Crippen molar-refractivity contribution in [2.45, 2.75) is 44.6 Å². The van der Waals surface area contributed by atoms with E-state index in [9.17, 15) is 8.42 Å². The smallest absolute Gasteiger partial charge is 0.245 e. The maximum absolute atomic E-state index is 12.0. The van der Waals surface area contributed by atoms with Gasteiger partial charge in [0.15, 0.2) is 5.82 Å². The second-order valence-electron chi connectivity index (χ2n) is 4.93. The third kappa shape index (κ3) is 2.05. The number of aromatic nitrogens is 2. The van der Waals surface area contributed by atoms with E-state index >= 15 is 0 Å². The molecule has 2 fully saturated rings. The first-order valence-corrected chi connectivity index (χ1v) is 8.05. The van der Waals surface area contributed by atoms with Crippen LogP contribution in [0.15, 0.2) is 4.52 Å². The van der Waals surface area contributed by atoms with Crippen LogP contribution in [0.5, 0.6) is 0 Å². The van der Waals surface area contributed by atoms with Crippen LogP contribution >= 0.6 is 0 Å². The number of nitrogens with zero attached hydrogens (tertiary/aromatic N) is 3. The molecule has 1 aromatic heterocycles. The zero-order chi connectivity index (χ0) is 12.8. The third-order valence-electron chi connectivity index (χ3n) is 3.61. The first kappa shape index (κ1) is 12.1. The van der Waals surface area contributed by atoms with Gasteiger partial charge in [0.25, 0.3) is 0 Å². The highest BCUT2D eigenvalue weighted by Crippen LogP contribution is 2.40. The van der Waals surface area contributed by atoms with Gasteiger partial charge in [-0.05, 0) is 32.6 Å². The van der Waals surface area contributed by atoms with Crippen LogP contribution in [0.3, 0.4) is 0 Å². The van der Waals surface area contributed by atoms with E-state index in [1.807, 2.05) is 0 Å². The summed E-state index contributed by atoms with van der Waals surface area (Å²) in [5, 5.41) is 3.96. The molecule has 2 heterocycles. The average molecular weight is 271 g/mol. The standard InChI is InChI=1S/C11H17N3O3S/c1-2-18(15,16)14-7-3-4-9(14)11-12-10(13-17-11)8-5-6-8/h8-9H,2-7H2,1H3. The number of hydrogen-bond donors (Lipinski definition) is 0. The van der Waals surface area contributed by atoms with E-state index in [-0.39, 0.29) is 11.8 Å². The molecule has 18 heavy (non-hydrogen) atoms. The van der Waals surface area contributed by atoms with Crippen molar-refractivity contribution in [3.05, 3.63) is 11.7 Å². The molecule has 0 spiro atoms. The first-order valence-electron chi connectivity index (χ1n) is 6.45. The summed E-state index contributed by atoms with van der Waals surface area (Å²) < 4.78 is 30.7. The van der Waals surface area contributed by atoms with Crippen LogP contribution in [0.4, 0.5) is 0 Å². The molecule has 6 nitrogen and oxygen atoms in total. The molecule has 1 aliphatic carbocycles. The van der Waals surface area contributed by atoms with Gasteiger partial charge in [0.05, 0.1) is 5.75 Å². The van der Waals surface area contributed by atoms with Crippen molar-refractivity contribution in [3.8, 4) is 0 Å². The molecule has 1 saturated heterocycles. The van der Waals surface area contributed by atoms with E-state index in [0.29, 0.717) is 18.4 Å². The maximum atomic E-state index is 12.0. The van der Waals surface area contributed by atoms with Crippen molar-refractivity contribution in [2.24, 2.45) is 0 Å². The lowest BCUT2D eigenvalue weighted by Gasteiger charge is -2.20. The Hall–Kier alpha value is -0.950. The molecule has 3 rings (SSSR count). The van der Waals surface area contributed by atoms with Gasteiger partial charge < -0.3 is 4.52 Å². The van der Waals surface area contributed by atoms with E-state index in [4.69, 9.17) is 4.52 Å². The number of hydrogen-bond acceptors (Lipinski definition) is 5. The van der Waals surface area contributed by atoms with E-state index in [1.54, 1.807) is 6.92 Å². The fourth-order valence-electron chi connectivity index (χ4n) is 2.38. The molecule has 0 bridgehead atoms. The van der Waals surface area contributed by atoms with E-state index in [0.717, 1.165) is 31.5 Å². The van der Waals surface area contributed by atoms with Gasteiger partial charge in [-0.25, -0.2) is 8.42 Å². The highest BCUT2D eigenvalue weighted by molar-refractivity contribution is 7.89. The lowest BCUT2D eigenvalue weighted by Crippen LogP contribution is -2.32. The Bertz CT molecular complexity index is 535. The van der Waals surface area contributed by atoms with Crippen molar-refractivity contribution in [1.29, 1.82) is 0 Å². The van der Waals surface area contributed by atoms with Gasteiger partial charge in [-0.2, -0.15) is 9.29 Å². The lowest BCUT2D eigenvalue weighted by atomic mass is 10.2. The molecular weight excluding hydrogens is 254 g/mol. The van der Waals surface area contributed by atoms with Crippen LogP contribution in [-0.2, 0) is 10.0 Å². The zero-order valence-corrected chi connectivity index (χ0v) is 11.2. The molecule has 1 saturated carbocycles. The highest BCUT2D eigenvalue weighted by atomic mass is 32.2. The normalized spacial score (nSPS) is 25.7. The summed E-state index contributed by atoms with van der Waals surface area (Å²) in [5.74, 6) is 1.75. The van der Waals surface area contributed by atoms with Crippen LogP contribution < -0.4 is 0 Å². The van der Waals surface area contributed by atoms with Gasteiger partial charge in [0.2, 0.25) is 15.9 Å². The summed E-state index contributed by atoms with van der Waals surface area (Å²) in [6.07, 6.45) is 3.85. The van der Waals surface area contributed by atoms with Gasteiger partial charge >= 0.3 is 0 Å². The van der Waals surface area contributed by atoms with Crippen molar-refractivity contribution >= 4 is 10.0 Å². The molecule has 1 atom stereocenters. The largest absolute Gasteiger partial charge is 0.338 e. The highest BCUT2D eigenvalue weighted by Gasteiger charge is 2.38. The average Bonchev–Trinajstić information content (AvgIpc) is 2.92. The Labute approximate surface area is 106 Å². The summed E-state index contributed by atoms with van der Waals surface area (Å²) in [4.78, 5) is 4.37. The quantitative estimate of drug-likeness (QED) is 0.828. The fourth-order valence-corrected chi connectivity index (χ4v) is 3.70. The second kappa shape index (κ2) is 4.31. The Morgan fingerprint density at radius 2 is 2.17 bits per heavy atom. The van der Waals surface area contributed by atoms with Crippen molar-refractivity contribution < 1.29 is 12.9 Å². The molecule has 0 radical (unpaired) electrons. The minimum Gasteiger partial charge on any atom is -0.338 e. The molecule has 1 aliphatic heterocycles. The lowest BCUT2D eigenvalue weighted by molar-refractivity contribution is 0.289. The van der Waals surface area contributed by atoms with Crippen LogP contribution in [0.25, 0.3) is 0 Å². The Kier molecular flexibility index (Phi) is 2.90. The van der Waals surface area contributed by atoms with E-state index in [1.165, 1.54) is 4.31 Å². The molecule has 1 aromatic rings. The van der Waals surface area contributed by atoms with Gasteiger partial charge in [-0.15, -0.1) is 0 Å².